The lowest BCUT2D eigenvalue weighted by molar-refractivity contribution is -0.141. The fraction of sp³-hybridized carbons (Fsp3) is 0.375. The van der Waals surface area contributed by atoms with Gasteiger partial charge in [0.2, 0.25) is 0 Å². The summed E-state index contributed by atoms with van der Waals surface area (Å²) in [5.74, 6) is -1.25. The zero-order valence-corrected chi connectivity index (χ0v) is 13.3. The van der Waals surface area contributed by atoms with Crippen LogP contribution in [0.2, 0.25) is 0 Å². The van der Waals surface area contributed by atoms with Crippen LogP contribution in [0, 0.1) is 0 Å². The molecule has 0 amide bonds. The van der Waals surface area contributed by atoms with Crippen LogP contribution in [-0.4, -0.2) is 39.2 Å². The van der Waals surface area contributed by atoms with E-state index in [4.69, 9.17) is 0 Å². The number of ether oxygens (including phenoxy) is 2. The summed E-state index contributed by atoms with van der Waals surface area (Å²) in [5.41, 5.74) is -0.0165. The van der Waals surface area contributed by atoms with E-state index in [0.29, 0.717) is 5.69 Å². The molecule has 0 saturated carbocycles. The molecule has 5 nitrogen and oxygen atoms in total. The second kappa shape index (κ2) is 6.54. The van der Waals surface area contributed by atoms with Crippen molar-refractivity contribution in [2.75, 3.05) is 26.2 Å². The van der Waals surface area contributed by atoms with Gasteiger partial charge in [-0.2, -0.15) is 13.2 Å². The molecule has 1 unspecified atom stereocenters. The van der Waals surface area contributed by atoms with Crippen LogP contribution in [0.25, 0.3) is 6.08 Å². The quantitative estimate of drug-likeness (QED) is 0.790. The minimum absolute atomic E-state index is 0.0947. The summed E-state index contributed by atoms with van der Waals surface area (Å²) in [7, 11) is 3.98. The van der Waals surface area contributed by atoms with Gasteiger partial charge in [-0.15, -0.1) is 0 Å². The van der Waals surface area contributed by atoms with Gasteiger partial charge in [0.1, 0.15) is 0 Å². The highest BCUT2D eigenvalue weighted by Gasteiger charge is 2.35. The molecule has 1 heterocycles. The van der Waals surface area contributed by atoms with Crippen LogP contribution in [0.1, 0.15) is 17.5 Å². The van der Waals surface area contributed by atoms with Crippen molar-refractivity contribution < 1.29 is 32.2 Å². The third-order valence-corrected chi connectivity index (χ3v) is 3.88. The van der Waals surface area contributed by atoms with Gasteiger partial charge in [0.15, 0.2) is 0 Å². The maximum atomic E-state index is 12.9. The number of hydrogen-bond donors (Lipinski definition) is 0. The number of nitrogens with zero attached hydrogens (tertiary/aromatic N) is 1. The van der Waals surface area contributed by atoms with Crippen LogP contribution in [0.4, 0.5) is 18.9 Å². The molecule has 1 atom stereocenters. The molecular weight excluding hydrogens is 327 g/mol. The molecule has 0 radical (unpaired) electrons. The van der Waals surface area contributed by atoms with E-state index in [9.17, 15) is 22.8 Å². The van der Waals surface area contributed by atoms with Gasteiger partial charge in [-0.05, 0) is 29.8 Å². The Labute approximate surface area is 136 Å². The molecule has 0 aromatic heterocycles. The Morgan fingerprint density at radius 3 is 2.42 bits per heavy atom. The van der Waals surface area contributed by atoms with Crippen molar-refractivity contribution in [2.24, 2.45) is 0 Å². The van der Waals surface area contributed by atoms with Crippen LogP contribution in [0.15, 0.2) is 23.8 Å². The summed E-state index contributed by atoms with van der Waals surface area (Å²) >= 11 is 0. The Hall–Kier alpha value is -2.51. The standard InChI is InChI=1S/C16H16F3NO4/c1-20-12-5-4-10(16(17,18)19)6-9(12)7-11(15(22)24-3)13(20)8-14(21)23-2/h4-7,13H,8H2,1-3H3. The van der Waals surface area contributed by atoms with Crippen molar-refractivity contribution in [1.82, 2.24) is 0 Å². The maximum Gasteiger partial charge on any atom is 0.416 e. The number of carbonyl (C=O) groups excluding carboxylic acids is 2. The first-order valence-electron chi connectivity index (χ1n) is 6.99. The number of anilines is 1. The summed E-state index contributed by atoms with van der Waals surface area (Å²) in [6, 6.07) is 2.55. The monoisotopic (exact) mass is 343 g/mol. The van der Waals surface area contributed by atoms with Gasteiger partial charge in [0.25, 0.3) is 0 Å². The third-order valence-electron chi connectivity index (χ3n) is 3.88. The van der Waals surface area contributed by atoms with Crippen LogP contribution in [-0.2, 0) is 25.2 Å². The molecule has 8 heteroatoms. The summed E-state index contributed by atoms with van der Waals surface area (Å²) in [4.78, 5) is 25.2. The molecule has 1 aromatic rings. The van der Waals surface area contributed by atoms with Crippen molar-refractivity contribution in [1.29, 1.82) is 0 Å². The number of methoxy groups -OCH3 is 2. The number of benzene rings is 1. The second-order valence-corrected chi connectivity index (χ2v) is 5.27. The molecule has 0 N–H and O–H groups in total. The van der Waals surface area contributed by atoms with Crippen LogP contribution in [0.3, 0.4) is 0 Å². The number of fused-ring (bicyclic) bond motifs is 1. The topological polar surface area (TPSA) is 55.8 Å². The van der Waals surface area contributed by atoms with E-state index in [1.165, 1.54) is 26.4 Å². The molecule has 24 heavy (non-hydrogen) atoms. The molecule has 0 bridgehead atoms. The maximum absolute atomic E-state index is 12.9. The van der Waals surface area contributed by atoms with E-state index in [2.05, 4.69) is 9.47 Å². The zero-order chi connectivity index (χ0) is 18.1. The largest absolute Gasteiger partial charge is 0.469 e. The highest BCUT2D eigenvalue weighted by Crippen LogP contribution is 2.38. The number of halogens is 3. The van der Waals surface area contributed by atoms with Crippen molar-refractivity contribution >= 4 is 23.7 Å². The van der Waals surface area contributed by atoms with E-state index < -0.39 is 29.7 Å². The fourth-order valence-corrected chi connectivity index (χ4v) is 2.61. The molecule has 0 fully saturated rings. The predicted molar refractivity (Wildman–Crippen MR) is 80.3 cm³/mol. The molecular formula is C16H16F3NO4. The average molecular weight is 343 g/mol. The van der Waals surface area contributed by atoms with E-state index in [1.54, 1.807) is 11.9 Å². The van der Waals surface area contributed by atoms with Crippen molar-refractivity contribution in [2.45, 2.75) is 18.6 Å². The first-order chi connectivity index (χ1) is 11.2. The third kappa shape index (κ3) is 3.37. The van der Waals surface area contributed by atoms with Gasteiger partial charge in [-0.1, -0.05) is 0 Å². The molecule has 1 aromatic carbocycles. The Kier molecular flexibility index (Phi) is 4.86. The van der Waals surface area contributed by atoms with Crippen LogP contribution in [0.5, 0.6) is 0 Å². The molecule has 1 aliphatic rings. The molecule has 2 rings (SSSR count). The summed E-state index contributed by atoms with van der Waals surface area (Å²) in [6.07, 6.45) is -3.30. The van der Waals surface area contributed by atoms with Gasteiger partial charge >= 0.3 is 18.1 Å². The molecule has 130 valence electrons. The van der Waals surface area contributed by atoms with E-state index in [0.717, 1.165) is 12.1 Å². The number of likely N-dealkylation sites (N-methyl/N-ethyl adjacent to an activating group) is 1. The van der Waals surface area contributed by atoms with E-state index in [-0.39, 0.29) is 17.6 Å². The number of alkyl halides is 3. The van der Waals surface area contributed by atoms with E-state index >= 15 is 0 Å². The lowest BCUT2D eigenvalue weighted by Gasteiger charge is -2.35. The van der Waals surface area contributed by atoms with Gasteiger partial charge in [-0.25, -0.2) is 4.79 Å². The smallest absolute Gasteiger partial charge is 0.416 e. The fourth-order valence-electron chi connectivity index (χ4n) is 2.61. The zero-order valence-electron chi connectivity index (χ0n) is 13.3. The number of esters is 2. The molecule has 0 saturated heterocycles. The van der Waals surface area contributed by atoms with Gasteiger partial charge < -0.3 is 14.4 Å². The SMILES string of the molecule is COC(=O)CC1C(C(=O)OC)=Cc2cc(C(F)(F)F)ccc2N1C. The summed E-state index contributed by atoms with van der Waals surface area (Å²) in [5, 5.41) is 0. The first-order valence-corrected chi connectivity index (χ1v) is 6.99. The molecule has 0 spiro atoms. The van der Waals surface area contributed by atoms with Crippen LogP contribution < -0.4 is 4.90 Å². The Bertz CT molecular complexity index is 697. The van der Waals surface area contributed by atoms with Crippen molar-refractivity contribution in [3.8, 4) is 0 Å². The van der Waals surface area contributed by atoms with Crippen LogP contribution >= 0.6 is 0 Å². The number of carbonyl (C=O) groups is 2. The van der Waals surface area contributed by atoms with Gasteiger partial charge in [0, 0.05) is 12.7 Å². The number of rotatable bonds is 3. The lowest BCUT2D eigenvalue weighted by atomic mass is 9.92. The Morgan fingerprint density at radius 2 is 1.88 bits per heavy atom. The van der Waals surface area contributed by atoms with Gasteiger partial charge in [0.05, 0.1) is 37.8 Å². The Balaban J connectivity index is 2.53. The predicted octanol–water partition coefficient (Wildman–Crippen LogP) is 2.64. The second-order valence-electron chi connectivity index (χ2n) is 5.27. The first kappa shape index (κ1) is 17.8. The summed E-state index contributed by atoms with van der Waals surface area (Å²) < 4.78 is 48.0. The van der Waals surface area contributed by atoms with Crippen molar-refractivity contribution in [3.05, 3.63) is 34.9 Å². The number of hydrogen-bond acceptors (Lipinski definition) is 5. The molecule has 1 aliphatic heterocycles. The normalized spacial score (nSPS) is 17.0. The van der Waals surface area contributed by atoms with Gasteiger partial charge in [-0.3, -0.25) is 4.79 Å². The minimum Gasteiger partial charge on any atom is -0.469 e. The lowest BCUT2D eigenvalue weighted by Crippen LogP contribution is -2.40. The van der Waals surface area contributed by atoms with E-state index in [1.807, 2.05) is 0 Å². The molecule has 0 aliphatic carbocycles. The average Bonchev–Trinajstić information content (AvgIpc) is 2.54. The summed E-state index contributed by atoms with van der Waals surface area (Å²) in [6.45, 7) is 0. The highest BCUT2D eigenvalue weighted by molar-refractivity contribution is 5.99. The highest BCUT2D eigenvalue weighted by atomic mass is 19.4. The Morgan fingerprint density at radius 1 is 1.21 bits per heavy atom. The van der Waals surface area contributed by atoms with Crippen molar-refractivity contribution in [3.63, 3.8) is 0 Å². The minimum atomic E-state index is -4.49.